The Hall–Kier alpha value is -3.32. The minimum absolute atomic E-state index is 0.136. The SMILES string of the molecule is CC[C@@H](NC(=O)CN(c1cccc(C)c1)S(=O)(=O)c1ccccc1)c1ccc(OC)cc1. The number of aryl methyl sites for hydroxylation is 1. The largest absolute Gasteiger partial charge is 0.497 e. The van der Waals surface area contributed by atoms with Crippen LogP contribution in [0.3, 0.4) is 0 Å². The quantitative estimate of drug-likeness (QED) is 0.520. The second kappa shape index (κ2) is 10.3. The van der Waals surface area contributed by atoms with Gasteiger partial charge in [-0.15, -0.1) is 0 Å². The van der Waals surface area contributed by atoms with E-state index in [1.165, 1.54) is 12.1 Å². The van der Waals surface area contributed by atoms with E-state index in [-0.39, 0.29) is 23.4 Å². The van der Waals surface area contributed by atoms with E-state index in [2.05, 4.69) is 5.32 Å². The number of hydrogen-bond donors (Lipinski definition) is 1. The third-order valence-corrected chi connectivity index (χ3v) is 6.96. The molecule has 0 aliphatic rings. The highest BCUT2D eigenvalue weighted by atomic mass is 32.2. The zero-order valence-electron chi connectivity index (χ0n) is 18.5. The zero-order chi connectivity index (χ0) is 23.1. The molecule has 3 aromatic carbocycles. The van der Waals surface area contributed by atoms with Gasteiger partial charge in [0.15, 0.2) is 0 Å². The molecule has 3 aromatic rings. The molecule has 1 N–H and O–H groups in total. The molecule has 168 valence electrons. The number of nitrogens with zero attached hydrogens (tertiary/aromatic N) is 1. The summed E-state index contributed by atoms with van der Waals surface area (Å²) in [6, 6.07) is 22.5. The molecule has 0 aliphatic carbocycles. The van der Waals surface area contributed by atoms with Crippen molar-refractivity contribution in [3.05, 3.63) is 90.0 Å². The van der Waals surface area contributed by atoms with Crippen molar-refractivity contribution in [1.29, 1.82) is 0 Å². The van der Waals surface area contributed by atoms with E-state index in [4.69, 9.17) is 4.74 Å². The predicted molar refractivity (Wildman–Crippen MR) is 126 cm³/mol. The van der Waals surface area contributed by atoms with Crippen LogP contribution in [0.4, 0.5) is 5.69 Å². The molecule has 6 nitrogen and oxygen atoms in total. The Kier molecular flexibility index (Phi) is 7.53. The first kappa shape index (κ1) is 23.3. The lowest BCUT2D eigenvalue weighted by Crippen LogP contribution is -2.42. The smallest absolute Gasteiger partial charge is 0.264 e. The molecule has 7 heteroatoms. The molecule has 0 aromatic heterocycles. The molecular weight excluding hydrogens is 424 g/mol. The van der Waals surface area contributed by atoms with Gasteiger partial charge in [-0.2, -0.15) is 0 Å². The fourth-order valence-electron chi connectivity index (χ4n) is 3.45. The number of sulfonamides is 1. The standard InChI is InChI=1S/C25H28N2O4S/c1-4-24(20-13-15-22(31-3)16-14-20)26-25(28)18-27(21-10-8-9-19(2)17-21)32(29,30)23-11-6-5-7-12-23/h5-17,24H,4,18H2,1-3H3,(H,26,28)/t24-/m1/s1. The minimum Gasteiger partial charge on any atom is -0.497 e. The van der Waals surface area contributed by atoms with Gasteiger partial charge >= 0.3 is 0 Å². The Bertz CT molecular complexity index is 1150. The Morgan fingerprint density at radius 3 is 2.28 bits per heavy atom. The van der Waals surface area contributed by atoms with Gasteiger partial charge < -0.3 is 10.1 Å². The van der Waals surface area contributed by atoms with E-state index in [0.717, 1.165) is 21.2 Å². The number of nitrogens with one attached hydrogen (secondary N) is 1. The first-order valence-electron chi connectivity index (χ1n) is 10.4. The van der Waals surface area contributed by atoms with E-state index in [0.29, 0.717) is 12.1 Å². The van der Waals surface area contributed by atoms with E-state index >= 15 is 0 Å². The van der Waals surface area contributed by atoms with Crippen molar-refractivity contribution >= 4 is 21.6 Å². The molecule has 3 rings (SSSR count). The normalized spacial score (nSPS) is 12.1. The van der Waals surface area contributed by atoms with Gasteiger partial charge in [-0.05, 0) is 60.9 Å². The second-order valence-corrected chi connectivity index (χ2v) is 9.33. The molecule has 0 saturated carbocycles. The first-order valence-corrected chi connectivity index (χ1v) is 11.9. The van der Waals surface area contributed by atoms with Crippen LogP contribution in [0.15, 0.2) is 83.8 Å². The van der Waals surface area contributed by atoms with Crippen molar-refractivity contribution in [1.82, 2.24) is 5.32 Å². The molecule has 1 amide bonds. The van der Waals surface area contributed by atoms with Crippen LogP contribution in [0.1, 0.15) is 30.5 Å². The van der Waals surface area contributed by atoms with Crippen LogP contribution < -0.4 is 14.4 Å². The third-order valence-electron chi connectivity index (χ3n) is 5.17. The molecule has 0 heterocycles. The highest BCUT2D eigenvalue weighted by Crippen LogP contribution is 2.25. The summed E-state index contributed by atoms with van der Waals surface area (Å²) in [4.78, 5) is 13.1. The van der Waals surface area contributed by atoms with Gasteiger partial charge in [0.1, 0.15) is 12.3 Å². The first-order chi connectivity index (χ1) is 15.3. The molecule has 32 heavy (non-hydrogen) atoms. The van der Waals surface area contributed by atoms with Crippen LogP contribution in [0, 0.1) is 6.92 Å². The van der Waals surface area contributed by atoms with Gasteiger partial charge in [0.2, 0.25) is 5.91 Å². The second-order valence-electron chi connectivity index (χ2n) is 7.47. The number of ether oxygens (including phenoxy) is 1. The topological polar surface area (TPSA) is 75.7 Å². The molecule has 0 radical (unpaired) electrons. The minimum atomic E-state index is -3.93. The van der Waals surface area contributed by atoms with Crippen molar-refractivity contribution in [3.63, 3.8) is 0 Å². The maximum absolute atomic E-state index is 13.4. The summed E-state index contributed by atoms with van der Waals surface area (Å²) in [5.74, 6) is 0.350. The number of anilines is 1. The maximum atomic E-state index is 13.4. The number of hydrogen-bond acceptors (Lipinski definition) is 4. The van der Waals surface area contributed by atoms with Crippen LogP contribution in [-0.2, 0) is 14.8 Å². The summed E-state index contributed by atoms with van der Waals surface area (Å²) < 4.78 is 33.2. The average molecular weight is 453 g/mol. The lowest BCUT2D eigenvalue weighted by atomic mass is 10.0. The monoisotopic (exact) mass is 452 g/mol. The number of benzene rings is 3. The van der Waals surface area contributed by atoms with Crippen molar-refractivity contribution in [2.24, 2.45) is 0 Å². The Balaban J connectivity index is 1.87. The number of methoxy groups -OCH3 is 1. The van der Waals surface area contributed by atoms with Crippen molar-refractivity contribution in [3.8, 4) is 5.75 Å². The number of carbonyl (C=O) groups is 1. The summed E-state index contributed by atoms with van der Waals surface area (Å²) in [6.45, 7) is 3.52. The van der Waals surface area contributed by atoms with Crippen molar-refractivity contribution in [2.75, 3.05) is 18.0 Å². The number of carbonyl (C=O) groups excluding carboxylic acids is 1. The van der Waals surface area contributed by atoms with E-state index < -0.39 is 10.0 Å². The van der Waals surface area contributed by atoms with Crippen LogP contribution in [-0.4, -0.2) is 28.0 Å². The van der Waals surface area contributed by atoms with Gasteiger partial charge in [-0.25, -0.2) is 8.42 Å². The molecule has 0 unspecified atom stereocenters. The molecule has 1 atom stereocenters. The van der Waals surface area contributed by atoms with Crippen LogP contribution in [0.2, 0.25) is 0 Å². The van der Waals surface area contributed by atoms with Gasteiger partial charge in [-0.1, -0.05) is 49.4 Å². The number of amides is 1. The Labute approximate surface area is 189 Å². The molecule has 0 saturated heterocycles. The lowest BCUT2D eigenvalue weighted by Gasteiger charge is -2.26. The van der Waals surface area contributed by atoms with E-state index in [1.54, 1.807) is 43.5 Å². The maximum Gasteiger partial charge on any atom is 0.264 e. The summed E-state index contributed by atoms with van der Waals surface area (Å²) >= 11 is 0. The van der Waals surface area contributed by atoms with Crippen molar-refractivity contribution < 1.29 is 17.9 Å². The summed E-state index contributed by atoms with van der Waals surface area (Å²) in [5, 5.41) is 2.97. The fourth-order valence-corrected chi connectivity index (χ4v) is 4.88. The number of rotatable bonds is 9. The van der Waals surface area contributed by atoms with Gasteiger partial charge in [-0.3, -0.25) is 9.10 Å². The van der Waals surface area contributed by atoms with Crippen molar-refractivity contribution in [2.45, 2.75) is 31.2 Å². The molecular formula is C25H28N2O4S. The summed E-state index contributed by atoms with van der Waals surface area (Å²) in [7, 11) is -2.33. The zero-order valence-corrected chi connectivity index (χ0v) is 19.3. The summed E-state index contributed by atoms with van der Waals surface area (Å²) in [6.07, 6.45) is 0.661. The fraction of sp³-hybridized carbons (Fsp3) is 0.240. The predicted octanol–water partition coefficient (Wildman–Crippen LogP) is 4.47. The van der Waals surface area contributed by atoms with Crippen LogP contribution in [0.5, 0.6) is 5.75 Å². The van der Waals surface area contributed by atoms with Gasteiger partial charge in [0.05, 0.1) is 23.7 Å². The molecule has 0 spiro atoms. The van der Waals surface area contributed by atoms with E-state index in [9.17, 15) is 13.2 Å². The third kappa shape index (κ3) is 5.48. The molecule has 0 aliphatic heterocycles. The molecule has 0 fully saturated rings. The lowest BCUT2D eigenvalue weighted by molar-refractivity contribution is -0.120. The highest BCUT2D eigenvalue weighted by Gasteiger charge is 2.28. The molecule has 0 bridgehead atoms. The van der Waals surface area contributed by atoms with E-state index in [1.807, 2.05) is 44.2 Å². The van der Waals surface area contributed by atoms with Gasteiger partial charge in [0.25, 0.3) is 10.0 Å². The van der Waals surface area contributed by atoms with Gasteiger partial charge in [0, 0.05) is 0 Å². The Morgan fingerprint density at radius 2 is 1.69 bits per heavy atom. The Morgan fingerprint density at radius 1 is 1.00 bits per heavy atom. The van der Waals surface area contributed by atoms with Crippen LogP contribution >= 0.6 is 0 Å². The van der Waals surface area contributed by atoms with Crippen LogP contribution in [0.25, 0.3) is 0 Å². The highest BCUT2D eigenvalue weighted by molar-refractivity contribution is 7.92. The summed E-state index contributed by atoms with van der Waals surface area (Å²) in [5.41, 5.74) is 2.28. The average Bonchev–Trinajstić information content (AvgIpc) is 2.81.